The lowest BCUT2D eigenvalue weighted by atomic mass is 9.95. The number of carbonyl (C=O) groups is 1. The highest BCUT2D eigenvalue weighted by Gasteiger charge is 2.16. The highest BCUT2D eigenvalue weighted by Crippen LogP contribution is 2.28. The summed E-state index contributed by atoms with van der Waals surface area (Å²) in [6.45, 7) is 6.61. The average Bonchev–Trinajstić information content (AvgIpc) is 2.81. The van der Waals surface area contributed by atoms with Crippen molar-refractivity contribution in [2.75, 3.05) is 0 Å². The van der Waals surface area contributed by atoms with Gasteiger partial charge in [-0.05, 0) is 60.9 Å². The van der Waals surface area contributed by atoms with Gasteiger partial charge >= 0.3 is 6.16 Å². The SMILES string of the molecule is CCCCCCCc1cccc(OC(=O)Oc2ccccc2CCC)c1CCCCCCC. The maximum absolute atomic E-state index is 12.7. The Bertz CT molecular complexity index is 812. The molecule has 0 bridgehead atoms. The molecule has 0 N–H and O–H groups in total. The molecule has 0 aliphatic rings. The van der Waals surface area contributed by atoms with Crippen molar-refractivity contribution in [2.24, 2.45) is 0 Å². The standard InChI is InChI=1S/C30H44O3/c1-4-7-9-11-13-19-25-21-17-24-29(27(25)22-14-12-10-8-5-2)33-30(31)32-28-23-16-15-20-26(28)18-6-3/h15-17,20-21,23-24H,4-14,18-19,22H2,1-3H3. The van der Waals surface area contributed by atoms with Crippen LogP contribution in [0.1, 0.15) is 108 Å². The molecule has 0 saturated carbocycles. The zero-order valence-corrected chi connectivity index (χ0v) is 21.2. The van der Waals surface area contributed by atoms with E-state index in [2.05, 4.69) is 26.8 Å². The molecule has 33 heavy (non-hydrogen) atoms. The zero-order valence-electron chi connectivity index (χ0n) is 21.2. The first kappa shape index (κ1) is 27.0. The van der Waals surface area contributed by atoms with Gasteiger partial charge < -0.3 is 9.47 Å². The molecule has 3 nitrogen and oxygen atoms in total. The lowest BCUT2D eigenvalue weighted by Gasteiger charge is -2.16. The van der Waals surface area contributed by atoms with Crippen molar-refractivity contribution in [1.82, 2.24) is 0 Å². The molecule has 0 saturated heterocycles. The van der Waals surface area contributed by atoms with E-state index in [0.29, 0.717) is 11.5 Å². The highest BCUT2D eigenvalue weighted by atomic mass is 16.7. The van der Waals surface area contributed by atoms with Gasteiger partial charge in [-0.1, -0.05) is 109 Å². The third kappa shape index (κ3) is 10.0. The van der Waals surface area contributed by atoms with Gasteiger partial charge in [-0.25, -0.2) is 4.79 Å². The van der Waals surface area contributed by atoms with Gasteiger partial charge in [0.05, 0.1) is 0 Å². The monoisotopic (exact) mass is 452 g/mol. The van der Waals surface area contributed by atoms with Gasteiger partial charge in [0.1, 0.15) is 11.5 Å². The number of ether oxygens (including phenoxy) is 2. The van der Waals surface area contributed by atoms with Gasteiger partial charge in [0.15, 0.2) is 0 Å². The Kier molecular flexibility index (Phi) is 13.4. The van der Waals surface area contributed by atoms with E-state index >= 15 is 0 Å². The fourth-order valence-corrected chi connectivity index (χ4v) is 4.33. The smallest absolute Gasteiger partial charge is 0.394 e. The van der Waals surface area contributed by atoms with Crippen LogP contribution in [0.3, 0.4) is 0 Å². The number of para-hydroxylation sites is 1. The van der Waals surface area contributed by atoms with E-state index in [1.807, 2.05) is 36.4 Å². The van der Waals surface area contributed by atoms with E-state index in [9.17, 15) is 4.79 Å². The number of carbonyl (C=O) groups excluding carboxylic acids is 1. The normalized spacial score (nSPS) is 10.9. The van der Waals surface area contributed by atoms with Crippen molar-refractivity contribution < 1.29 is 14.3 Å². The average molecular weight is 453 g/mol. The van der Waals surface area contributed by atoms with Crippen LogP contribution >= 0.6 is 0 Å². The van der Waals surface area contributed by atoms with E-state index in [1.54, 1.807) is 0 Å². The van der Waals surface area contributed by atoms with Gasteiger partial charge in [0.25, 0.3) is 0 Å². The summed E-state index contributed by atoms with van der Waals surface area (Å²) in [6, 6.07) is 13.8. The van der Waals surface area contributed by atoms with Crippen molar-refractivity contribution in [3.63, 3.8) is 0 Å². The number of unbranched alkanes of at least 4 members (excludes halogenated alkanes) is 8. The first-order valence-electron chi connectivity index (χ1n) is 13.3. The van der Waals surface area contributed by atoms with Gasteiger partial charge in [-0.15, -0.1) is 0 Å². The summed E-state index contributed by atoms with van der Waals surface area (Å²) < 4.78 is 11.4. The predicted octanol–water partition coefficient (Wildman–Crippen LogP) is 9.24. The topological polar surface area (TPSA) is 35.5 Å². The Labute approximate surface area is 201 Å². The molecule has 0 unspecified atom stereocenters. The van der Waals surface area contributed by atoms with Crippen LogP contribution in [0.15, 0.2) is 42.5 Å². The molecule has 2 rings (SSSR count). The third-order valence-corrected chi connectivity index (χ3v) is 6.19. The fraction of sp³-hybridized carbons (Fsp3) is 0.567. The molecule has 0 amide bonds. The van der Waals surface area contributed by atoms with Crippen LogP contribution in [0.25, 0.3) is 0 Å². The lowest BCUT2D eigenvalue weighted by Crippen LogP contribution is -2.16. The summed E-state index contributed by atoms with van der Waals surface area (Å²) in [5, 5.41) is 0. The van der Waals surface area contributed by atoms with Crippen LogP contribution in [0.2, 0.25) is 0 Å². The predicted molar refractivity (Wildman–Crippen MR) is 138 cm³/mol. The van der Waals surface area contributed by atoms with Gasteiger partial charge in [-0.2, -0.15) is 0 Å². The van der Waals surface area contributed by atoms with Gasteiger partial charge in [0, 0.05) is 0 Å². The number of hydrogen-bond acceptors (Lipinski definition) is 3. The molecule has 0 atom stereocenters. The molecule has 2 aromatic carbocycles. The lowest BCUT2D eigenvalue weighted by molar-refractivity contribution is 0.151. The summed E-state index contributed by atoms with van der Waals surface area (Å²) in [4.78, 5) is 12.7. The van der Waals surface area contributed by atoms with Gasteiger partial charge in [-0.3, -0.25) is 0 Å². The largest absolute Gasteiger partial charge is 0.519 e. The molecule has 0 aliphatic carbocycles. The minimum atomic E-state index is -0.647. The van der Waals surface area contributed by atoms with Crippen LogP contribution in [0, 0.1) is 0 Å². The second-order valence-electron chi connectivity index (χ2n) is 9.03. The summed E-state index contributed by atoms with van der Waals surface area (Å²) in [7, 11) is 0. The van der Waals surface area contributed by atoms with Gasteiger partial charge in [0.2, 0.25) is 0 Å². The van der Waals surface area contributed by atoms with Crippen LogP contribution in [0.5, 0.6) is 11.5 Å². The second-order valence-corrected chi connectivity index (χ2v) is 9.03. The van der Waals surface area contributed by atoms with Crippen LogP contribution in [0.4, 0.5) is 4.79 Å². The van der Waals surface area contributed by atoms with E-state index < -0.39 is 6.16 Å². The Balaban J connectivity index is 2.09. The minimum Gasteiger partial charge on any atom is -0.394 e. The molecule has 182 valence electrons. The molecule has 0 heterocycles. The summed E-state index contributed by atoms with van der Waals surface area (Å²) in [6.07, 6.45) is 15.6. The van der Waals surface area contributed by atoms with Crippen LogP contribution in [-0.4, -0.2) is 6.16 Å². The minimum absolute atomic E-state index is 0.595. The quantitative estimate of drug-likeness (QED) is 0.145. The number of benzene rings is 2. The summed E-state index contributed by atoms with van der Waals surface area (Å²) in [5.41, 5.74) is 3.54. The van der Waals surface area contributed by atoms with E-state index in [-0.39, 0.29) is 0 Å². The third-order valence-electron chi connectivity index (χ3n) is 6.19. The highest BCUT2D eigenvalue weighted by molar-refractivity contribution is 5.68. The van der Waals surface area contributed by atoms with Crippen LogP contribution < -0.4 is 9.47 Å². The molecule has 0 spiro atoms. The van der Waals surface area contributed by atoms with Crippen molar-refractivity contribution in [3.8, 4) is 11.5 Å². The first-order valence-corrected chi connectivity index (χ1v) is 13.3. The Morgan fingerprint density at radius 2 is 1.15 bits per heavy atom. The number of aryl methyl sites for hydroxylation is 2. The number of rotatable bonds is 16. The second kappa shape index (κ2) is 16.3. The maximum atomic E-state index is 12.7. The molecule has 0 aromatic heterocycles. The molecular weight excluding hydrogens is 408 g/mol. The van der Waals surface area contributed by atoms with Crippen molar-refractivity contribution in [3.05, 3.63) is 59.2 Å². The summed E-state index contributed by atoms with van der Waals surface area (Å²) in [5.74, 6) is 1.26. The Morgan fingerprint density at radius 1 is 0.576 bits per heavy atom. The Morgan fingerprint density at radius 3 is 1.85 bits per heavy atom. The molecule has 2 aromatic rings. The van der Waals surface area contributed by atoms with E-state index in [4.69, 9.17) is 9.47 Å². The zero-order chi connectivity index (χ0) is 23.7. The first-order chi connectivity index (χ1) is 16.2. The fourth-order valence-electron chi connectivity index (χ4n) is 4.33. The van der Waals surface area contributed by atoms with E-state index in [0.717, 1.165) is 37.7 Å². The van der Waals surface area contributed by atoms with Crippen LogP contribution in [-0.2, 0) is 19.3 Å². The van der Waals surface area contributed by atoms with Crippen molar-refractivity contribution in [2.45, 2.75) is 111 Å². The number of hydrogen-bond donors (Lipinski definition) is 0. The molecule has 3 heteroatoms. The van der Waals surface area contributed by atoms with Crippen molar-refractivity contribution in [1.29, 1.82) is 0 Å². The van der Waals surface area contributed by atoms with E-state index in [1.165, 1.54) is 68.9 Å². The van der Waals surface area contributed by atoms with Crippen molar-refractivity contribution >= 4 is 6.16 Å². The molecule has 0 radical (unpaired) electrons. The summed E-state index contributed by atoms with van der Waals surface area (Å²) >= 11 is 0. The Hall–Kier alpha value is -2.29. The molecular formula is C30H44O3. The maximum Gasteiger partial charge on any atom is 0.519 e. The molecule has 0 fully saturated rings. The molecule has 0 aliphatic heterocycles.